The molecule has 4 aromatic rings. The molecule has 0 aliphatic rings. The zero-order chi connectivity index (χ0) is 28.1. The second-order valence-corrected chi connectivity index (χ2v) is 10.1. The Morgan fingerprint density at radius 3 is 2.46 bits per heavy atom. The molecule has 0 atom stereocenters. The minimum absolute atomic E-state index is 0.109. The molecule has 0 spiro atoms. The molecule has 0 saturated heterocycles. The Balaban J connectivity index is 1.82. The molecule has 2 aromatic carbocycles. The Bertz CT molecular complexity index is 1500. The molecule has 2 heterocycles. The highest BCUT2D eigenvalue weighted by Crippen LogP contribution is 2.38. The molecule has 0 fully saturated rings. The number of nitrogens with one attached hydrogen (secondary N) is 2. The number of methoxy groups -OCH3 is 2. The van der Waals surface area contributed by atoms with Crippen molar-refractivity contribution >= 4 is 40.2 Å². The molecule has 0 amide bonds. The zero-order valence-electron chi connectivity index (χ0n) is 22.6. The standard InChI is InChI=1S/C28H31N5O5S/c1-15(2)33-39-24-14-29-23-11-17(22-13-30-28(37-6)32-26(22)36-5)7-8-21(23)25(24)31-19-9-18(27(34)35)10-20(12-19)38-16(3)4/h7-16,33H,1-6H3,(H,29,31)(H,34,35). The SMILES string of the molecule is COc1ncc(-c2ccc3c(Nc4cc(OC(C)C)cc(C(=O)O)c4)c(SNC(C)C)cnc3c2)c(OC)n1. The molecule has 39 heavy (non-hydrogen) atoms. The first-order valence-electron chi connectivity index (χ1n) is 12.3. The van der Waals surface area contributed by atoms with Crippen molar-refractivity contribution in [1.82, 2.24) is 19.7 Å². The number of anilines is 2. The van der Waals surface area contributed by atoms with Gasteiger partial charge in [-0.3, -0.25) is 9.71 Å². The highest BCUT2D eigenvalue weighted by Gasteiger charge is 2.17. The van der Waals surface area contributed by atoms with E-state index in [2.05, 4.69) is 33.9 Å². The predicted molar refractivity (Wildman–Crippen MR) is 152 cm³/mol. The number of ether oxygens (including phenoxy) is 3. The smallest absolute Gasteiger partial charge is 0.335 e. The molecular weight excluding hydrogens is 518 g/mol. The third kappa shape index (κ3) is 6.68. The van der Waals surface area contributed by atoms with Gasteiger partial charge in [-0.15, -0.1) is 0 Å². The Kier molecular flexibility index (Phi) is 8.72. The molecule has 204 valence electrons. The van der Waals surface area contributed by atoms with Crippen LogP contribution in [-0.2, 0) is 0 Å². The van der Waals surface area contributed by atoms with Gasteiger partial charge in [-0.1, -0.05) is 12.1 Å². The zero-order valence-corrected chi connectivity index (χ0v) is 23.4. The quantitative estimate of drug-likeness (QED) is 0.192. The molecular formula is C28H31N5O5S. The molecule has 3 N–H and O–H groups in total. The van der Waals surface area contributed by atoms with Crippen molar-refractivity contribution < 1.29 is 24.1 Å². The van der Waals surface area contributed by atoms with Gasteiger partial charge in [0.2, 0.25) is 5.88 Å². The number of hydrogen-bond donors (Lipinski definition) is 3. The maximum atomic E-state index is 11.8. The number of carboxylic acids is 1. The predicted octanol–water partition coefficient (Wildman–Crippen LogP) is 5.94. The Labute approximate surface area is 231 Å². The van der Waals surface area contributed by atoms with Gasteiger partial charge in [0.15, 0.2) is 0 Å². The van der Waals surface area contributed by atoms with Crippen molar-refractivity contribution in [3.63, 3.8) is 0 Å². The van der Waals surface area contributed by atoms with Gasteiger partial charge < -0.3 is 24.6 Å². The summed E-state index contributed by atoms with van der Waals surface area (Å²) in [7, 11) is 3.04. The molecule has 0 saturated carbocycles. The van der Waals surface area contributed by atoms with Gasteiger partial charge in [0.1, 0.15) is 5.75 Å². The molecule has 11 heteroatoms. The fourth-order valence-electron chi connectivity index (χ4n) is 3.81. The van der Waals surface area contributed by atoms with E-state index in [0.29, 0.717) is 22.9 Å². The van der Waals surface area contributed by atoms with Gasteiger partial charge in [-0.05, 0) is 63.4 Å². The van der Waals surface area contributed by atoms with Crippen LogP contribution in [0.2, 0.25) is 0 Å². The van der Waals surface area contributed by atoms with Crippen LogP contribution >= 0.6 is 11.9 Å². The van der Waals surface area contributed by atoms with Gasteiger partial charge in [0.25, 0.3) is 0 Å². The van der Waals surface area contributed by atoms with E-state index in [-0.39, 0.29) is 23.7 Å². The summed E-state index contributed by atoms with van der Waals surface area (Å²) in [4.78, 5) is 25.9. The number of rotatable bonds is 11. The summed E-state index contributed by atoms with van der Waals surface area (Å²) < 4.78 is 19.8. The molecule has 0 bridgehead atoms. The fourth-order valence-corrected chi connectivity index (χ4v) is 4.54. The van der Waals surface area contributed by atoms with Crippen LogP contribution in [0.4, 0.5) is 11.4 Å². The van der Waals surface area contributed by atoms with Gasteiger partial charge >= 0.3 is 12.0 Å². The summed E-state index contributed by atoms with van der Waals surface area (Å²) in [6.45, 7) is 7.89. The van der Waals surface area contributed by atoms with Gasteiger partial charge in [0, 0.05) is 35.6 Å². The third-order valence-electron chi connectivity index (χ3n) is 5.45. The van der Waals surface area contributed by atoms with Crippen molar-refractivity contribution in [3.8, 4) is 28.8 Å². The average molecular weight is 550 g/mol. The van der Waals surface area contributed by atoms with Crippen LogP contribution in [0.1, 0.15) is 38.1 Å². The first-order chi connectivity index (χ1) is 18.7. The van der Waals surface area contributed by atoms with E-state index >= 15 is 0 Å². The minimum atomic E-state index is -1.04. The summed E-state index contributed by atoms with van der Waals surface area (Å²) in [6.07, 6.45) is 3.32. The van der Waals surface area contributed by atoms with E-state index in [1.165, 1.54) is 25.1 Å². The first kappa shape index (κ1) is 27.9. The van der Waals surface area contributed by atoms with Crippen LogP contribution in [0.3, 0.4) is 0 Å². The summed E-state index contributed by atoms with van der Waals surface area (Å²) in [6, 6.07) is 11.2. The second kappa shape index (κ2) is 12.2. The number of aromatic nitrogens is 3. The highest BCUT2D eigenvalue weighted by molar-refractivity contribution is 7.97. The number of fused-ring (bicyclic) bond motifs is 1. The van der Waals surface area contributed by atoms with Gasteiger partial charge in [-0.25, -0.2) is 9.78 Å². The molecule has 2 aromatic heterocycles. The molecule has 0 radical (unpaired) electrons. The van der Waals surface area contributed by atoms with Crippen molar-refractivity contribution in [1.29, 1.82) is 0 Å². The lowest BCUT2D eigenvalue weighted by molar-refractivity contribution is 0.0696. The van der Waals surface area contributed by atoms with Crippen LogP contribution in [0.25, 0.3) is 22.0 Å². The summed E-state index contributed by atoms with van der Waals surface area (Å²) in [5.41, 5.74) is 3.72. The van der Waals surface area contributed by atoms with E-state index in [4.69, 9.17) is 19.2 Å². The maximum Gasteiger partial charge on any atom is 0.335 e. The lowest BCUT2D eigenvalue weighted by Gasteiger charge is -2.18. The largest absolute Gasteiger partial charge is 0.491 e. The topological polar surface area (TPSA) is 128 Å². The van der Waals surface area contributed by atoms with Crippen LogP contribution in [0.15, 0.2) is 53.7 Å². The van der Waals surface area contributed by atoms with Crippen molar-refractivity contribution in [2.45, 2.75) is 44.7 Å². The van der Waals surface area contributed by atoms with Crippen LogP contribution in [-0.4, -0.2) is 52.4 Å². The molecule has 0 aliphatic heterocycles. The van der Waals surface area contributed by atoms with Gasteiger partial charge in [0.05, 0.1) is 47.6 Å². The summed E-state index contributed by atoms with van der Waals surface area (Å²) in [5.74, 6) is -0.187. The number of pyridine rings is 1. The van der Waals surface area contributed by atoms with E-state index < -0.39 is 5.97 Å². The third-order valence-corrected chi connectivity index (χ3v) is 6.57. The van der Waals surface area contributed by atoms with Crippen molar-refractivity contribution in [2.24, 2.45) is 0 Å². The van der Waals surface area contributed by atoms with Crippen LogP contribution < -0.4 is 24.2 Å². The molecule has 10 nitrogen and oxygen atoms in total. The number of carboxylic acid groups (broad SMARTS) is 1. The summed E-state index contributed by atoms with van der Waals surface area (Å²) in [5, 5.41) is 14.0. The van der Waals surface area contributed by atoms with Crippen LogP contribution in [0.5, 0.6) is 17.6 Å². The monoisotopic (exact) mass is 549 g/mol. The second-order valence-electron chi connectivity index (χ2n) is 9.23. The number of hydrogen-bond acceptors (Lipinski definition) is 10. The lowest BCUT2D eigenvalue weighted by Crippen LogP contribution is -2.14. The fraction of sp³-hybridized carbons (Fsp3) is 0.286. The number of nitrogens with zero attached hydrogens (tertiary/aromatic N) is 3. The number of carbonyl (C=O) groups is 1. The minimum Gasteiger partial charge on any atom is -0.491 e. The lowest BCUT2D eigenvalue weighted by atomic mass is 10.0. The van der Waals surface area contributed by atoms with Gasteiger partial charge in [-0.2, -0.15) is 4.98 Å². The molecule has 4 rings (SSSR count). The first-order valence-corrected chi connectivity index (χ1v) is 13.1. The van der Waals surface area contributed by atoms with E-state index in [0.717, 1.165) is 27.0 Å². The average Bonchev–Trinajstić information content (AvgIpc) is 2.91. The van der Waals surface area contributed by atoms with Crippen molar-refractivity contribution in [3.05, 3.63) is 54.4 Å². The van der Waals surface area contributed by atoms with E-state index in [1.807, 2.05) is 32.0 Å². The molecule has 0 aliphatic carbocycles. The highest BCUT2D eigenvalue weighted by atomic mass is 32.2. The van der Waals surface area contributed by atoms with Crippen molar-refractivity contribution in [2.75, 3.05) is 19.5 Å². The number of aromatic carboxylic acids is 1. The Morgan fingerprint density at radius 2 is 1.79 bits per heavy atom. The summed E-state index contributed by atoms with van der Waals surface area (Å²) >= 11 is 1.45. The Hall–Kier alpha value is -4.09. The molecule has 0 unspecified atom stereocenters. The van der Waals surface area contributed by atoms with Crippen LogP contribution in [0, 0.1) is 0 Å². The maximum absolute atomic E-state index is 11.8. The Morgan fingerprint density at radius 1 is 1.00 bits per heavy atom. The van der Waals surface area contributed by atoms with E-state index in [1.54, 1.807) is 31.6 Å². The number of benzene rings is 2. The van der Waals surface area contributed by atoms with E-state index in [9.17, 15) is 9.90 Å². The normalized spacial score (nSPS) is 11.2.